The van der Waals surface area contributed by atoms with Crippen molar-refractivity contribution in [3.63, 3.8) is 0 Å². The van der Waals surface area contributed by atoms with Gasteiger partial charge < -0.3 is 15.0 Å². The second-order valence-electron chi connectivity index (χ2n) is 7.15. The molecule has 4 rings (SSSR count). The van der Waals surface area contributed by atoms with Crippen molar-refractivity contribution in [2.24, 2.45) is 0 Å². The van der Waals surface area contributed by atoms with Crippen LogP contribution < -0.4 is 5.32 Å². The van der Waals surface area contributed by atoms with E-state index < -0.39 is 0 Å². The van der Waals surface area contributed by atoms with Gasteiger partial charge in [-0.15, -0.1) is 0 Å². The number of amides is 1. The van der Waals surface area contributed by atoms with Gasteiger partial charge in [-0.25, -0.2) is 4.39 Å². The highest BCUT2D eigenvalue weighted by molar-refractivity contribution is 6.11. The number of nitrogens with zero attached hydrogens (tertiary/aromatic N) is 1. The lowest BCUT2D eigenvalue weighted by Crippen LogP contribution is -2.40. The number of hydrogen-bond donors (Lipinski definition) is 1. The predicted octanol–water partition coefficient (Wildman–Crippen LogP) is 4.81. The van der Waals surface area contributed by atoms with Gasteiger partial charge in [0.15, 0.2) is 0 Å². The summed E-state index contributed by atoms with van der Waals surface area (Å²) in [6, 6.07) is 14.8. The zero-order valence-corrected chi connectivity index (χ0v) is 16.1. The third-order valence-electron chi connectivity index (χ3n) is 5.21. The molecule has 1 aliphatic rings. The second-order valence-corrected chi connectivity index (χ2v) is 7.15. The number of benzene rings is 3. The smallest absolute Gasteiger partial charge is 0.254 e. The van der Waals surface area contributed by atoms with Gasteiger partial charge in [0.05, 0.1) is 13.2 Å². The molecular weight excluding hydrogens is 355 g/mol. The monoisotopic (exact) mass is 378 g/mol. The lowest BCUT2D eigenvalue weighted by molar-refractivity contribution is 0.0304. The Balaban J connectivity index is 1.76. The molecule has 3 aromatic carbocycles. The maximum Gasteiger partial charge on any atom is 0.254 e. The van der Waals surface area contributed by atoms with E-state index in [1.165, 1.54) is 6.07 Å². The zero-order chi connectivity index (χ0) is 19.7. The Kier molecular flexibility index (Phi) is 5.01. The van der Waals surface area contributed by atoms with Crippen molar-refractivity contribution in [2.75, 3.05) is 31.6 Å². The highest BCUT2D eigenvalue weighted by Crippen LogP contribution is 2.32. The summed E-state index contributed by atoms with van der Waals surface area (Å²) in [4.78, 5) is 15.0. The van der Waals surface area contributed by atoms with Gasteiger partial charge in [-0.05, 0) is 60.7 Å². The molecule has 0 spiro atoms. The minimum atomic E-state index is -0.224. The highest BCUT2D eigenvalue weighted by Gasteiger charge is 2.22. The molecule has 1 N–H and O–H groups in total. The molecule has 0 bridgehead atoms. The Morgan fingerprint density at radius 2 is 1.82 bits per heavy atom. The van der Waals surface area contributed by atoms with Crippen molar-refractivity contribution < 1.29 is 13.9 Å². The number of aryl methyl sites for hydroxylation is 2. The van der Waals surface area contributed by atoms with Crippen molar-refractivity contribution >= 4 is 28.1 Å². The highest BCUT2D eigenvalue weighted by atomic mass is 19.1. The van der Waals surface area contributed by atoms with E-state index in [0.29, 0.717) is 37.4 Å². The minimum Gasteiger partial charge on any atom is -0.378 e. The van der Waals surface area contributed by atoms with Crippen LogP contribution in [0.2, 0.25) is 0 Å². The number of halogens is 1. The van der Waals surface area contributed by atoms with E-state index in [-0.39, 0.29) is 11.7 Å². The summed E-state index contributed by atoms with van der Waals surface area (Å²) in [7, 11) is 0. The first-order valence-corrected chi connectivity index (χ1v) is 9.47. The lowest BCUT2D eigenvalue weighted by atomic mass is 9.97. The molecule has 5 heteroatoms. The molecule has 1 heterocycles. The molecule has 4 nitrogen and oxygen atoms in total. The summed E-state index contributed by atoms with van der Waals surface area (Å²) < 4.78 is 19.0. The largest absolute Gasteiger partial charge is 0.378 e. The molecule has 0 aromatic heterocycles. The quantitative estimate of drug-likeness (QED) is 0.711. The number of fused-ring (bicyclic) bond motifs is 1. The number of nitrogens with one attached hydrogen (secondary N) is 1. The van der Waals surface area contributed by atoms with Crippen LogP contribution in [0, 0.1) is 19.7 Å². The van der Waals surface area contributed by atoms with Gasteiger partial charge >= 0.3 is 0 Å². The molecule has 144 valence electrons. The van der Waals surface area contributed by atoms with Crippen molar-refractivity contribution in [2.45, 2.75) is 13.8 Å². The first kappa shape index (κ1) is 18.4. The van der Waals surface area contributed by atoms with Crippen LogP contribution in [0.3, 0.4) is 0 Å². The normalized spacial score (nSPS) is 14.3. The third-order valence-corrected chi connectivity index (χ3v) is 5.21. The summed E-state index contributed by atoms with van der Waals surface area (Å²) in [5.41, 5.74) is 4.05. The summed E-state index contributed by atoms with van der Waals surface area (Å²) in [6.07, 6.45) is 0. The van der Waals surface area contributed by atoms with Gasteiger partial charge in [-0.2, -0.15) is 0 Å². The van der Waals surface area contributed by atoms with Gasteiger partial charge in [0, 0.05) is 35.4 Å². The van der Waals surface area contributed by atoms with Crippen molar-refractivity contribution in [1.82, 2.24) is 4.90 Å². The number of ether oxygens (including phenoxy) is 1. The summed E-state index contributed by atoms with van der Waals surface area (Å²) in [5, 5.41) is 5.30. The average molecular weight is 378 g/mol. The summed E-state index contributed by atoms with van der Waals surface area (Å²) in [6.45, 7) is 6.14. The molecule has 0 aliphatic carbocycles. The minimum absolute atomic E-state index is 0.0341. The average Bonchev–Trinajstić information content (AvgIpc) is 2.71. The second kappa shape index (κ2) is 7.60. The van der Waals surface area contributed by atoms with Crippen LogP contribution >= 0.6 is 0 Å². The van der Waals surface area contributed by atoms with Gasteiger partial charge in [0.2, 0.25) is 0 Å². The molecule has 0 unspecified atom stereocenters. The number of anilines is 2. The molecule has 1 fully saturated rings. The van der Waals surface area contributed by atoms with Crippen LogP contribution in [-0.2, 0) is 4.74 Å². The third kappa shape index (κ3) is 3.45. The molecule has 0 radical (unpaired) electrons. The first-order valence-electron chi connectivity index (χ1n) is 9.47. The fourth-order valence-corrected chi connectivity index (χ4v) is 3.69. The fraction of sp³-hybridized carbons (Fsp3) is 0.261. The van der Waals surface area contributed by atoms with E-state index in [4.69, 9.17) is 4.74 Å². The predicted molar refractivity (Wildman–Crippen MR) is 110 cm³/mol. The van der Waals surface area contributed by atoms with Crippen LogP contribution in [-0.4, -0.2) is 37.1 Å². The molecule has 0 saturated carbocycles. The molecule has 3 aromatic rings. The summed E-state index contributed by atoms with van der Waals surface area (Å²) >= 11 is 0. The van der Waals surface area contributed by atoms with E-state index >= 15 is 0 Å². The van der Waals surface area contributed by atoms with E-state index in [1.54, 1.807) is 19.1 Å². The number of morpholine rings is 1. The lowest BCUT2D eigenvalue weighted by Gasteiger charge is -2.27. The Hall–Kier alpha value is -2.92. The molecule has 28 heavy (non-hydrogen) atoms. The first-order chi connectivity index (χ1) is 13.5. The molecule has 0 atom stereocenters. The summed E-state index contributed by atoms with van der Waals surface area (Å²) in [5.74, 6) is -0.190. The molecule has 1 aliphatic heterocycles. The van der Waals surface area contributed by atoms with Crippen LogP contribution in [0.5, 0.6) is 0 Å². The number of carbonyl (C=O) groups excluding carboxylic acids is 1. The zero-order valence-electron chi connectivity index (χ0n) is 16.1. The van der Waals surface area contributed by atoms with Crippen molar-refractivity contribution in [1.29, 1.82) is 0 Å². The van der Waals surface area contributed by atoms with Gasteiger partial charge in [0.1, 0.15) is 5.82 Å². The van der Waals surface area contributed by atoms with Crippen molar-refractivity contribution in [3.05, 3.63) is 71.0 Å². The molecular formula is C23H23FN2O2. The Bertz CT molecular complexity index is 1040. The molecule has 1 amide bonds. The van der Waals surface area contributed by atoms with E-state index in [1.807, 2.05) is 42.2 Å². The van der Waals surface area contributed by atoms with Crippen LogP contribution in [0.25, 0.3) is 10.8 Å². The van der Waals surface area contributed by atoms with Gasteiger partial charge in [-0.3, -0.25) is 4.79 Å². The topological polar surface area (TPSA) is 41.6 Å². The van der Waals surface area contributed by atoms with E-state index in [2.05, 4.69) is 5.32 Å². The SMILES string of the molecule is Cc1cc(Nc2ccc(C(=O)N3CCOCC3)c3c(C)cccc23)ccc1F. The fourth-order valence-electron chi connectivity index (χ4n) is 3.69. The van der Waals surface area contributed by atoms with Crippen LogP contribution in [0.15, 0.2) is 48.5 Å². The standard InChI is InChI=1S/C23H23FN2O2/c1-15-4-3-5-18-21(25-17-6-8-20(24)16(2)14-17)9-7-19(22(15)18)23(27)26-10-12-28-13-11-26/h3-9,14,25H,10-13H2,1-2H3. The maximum atomic E-state index is 13.6. The number of carbonyl (C=O) groups is 1. The van der Waals surface area contributed by atoms with Crippen molar-refractivity contribution in [3.8, 4) is 0 Å². The van der Waals surface area contributed by atoms with E-state index in [0.717, 1.165) is 27.7 Å². The Labute approximate surface area is 163 Å². The van der Waals surface area contributed by atoms with E-state index in [9.17, 15) is 9.18 Å². The Morgan fingerprint density at radius 3 is 2.57 bits per heavy atom. The molecule has 1 saturated heterocycles. The number of rotatable bonds is 3. The van der Waals surface area contributed by atoms with Gasteiger partial charge in [0.25, 0.3) is 5.91 Å². The van der Waals surface area contributed by atoms with Gasteiger partial charge in [-0.1, -0.05) is 18.2 Å². The Morgan fingerprint density at radius 1 is 1.04 bits per heavy atom. The van der Waals surface area contributed by atoms with Crippen LogP contribution in [0.4, 0.5) is 15.8 Å². The van der Waals surface area contributed by atoms with Crippen LogP contribution in [0.1, 0.15) is 21.5 Å². The maximum absolute atomic E-state index is 13.6. The number of hydrogen-bond acceptors (Lipinski definition) is 3.